The molecular formula is C22H25NO6S. The minimum Gasteiger partial charge on any atom is -0.502 e. The maximum absolute atomic E-state index is 12.8. The SMILES string of the molecule is Cc1cc(=O)c(O)c(C2(CC(=O)NCC3COc4ccccc4O3)CCSCC2)o1. The van der Waals surface area contributed by atoms with Gasteiger partial charge >= 0.3 is 0 Å². The summed E-state index contributed by atoms with van der Waals surface area (Å²) in [6, 6.07) is 8.70. The van der Waals surface area contributed by atoms with E-state index in [0.29, 0.717) is 43.3 Å². The zero-order valence-electron chi connectivity index (χ0n) is 16.8. The number of nitrogens with one attached hydrogen (secondary N) is 1. The highest BCUT2D eigenvalue weighted by atomic mass is 32.2. The molecule has 0 aliphatic carbocycles. The Hall–Kier alpha value is -2.61. The van der Waals surface area contributed by atoms with Gasteiger partial charge in [-0.05, 0) is 43.4 Å². The van der Waals surface area contributed by atoms with Crippen molar-refractivity contribution in [2.45, 2.75) is 37.7 Å². The Bertz CT molecular complexity index is 982. The lowest BCUT2D eigenvalue weighted by Gasteiger charge is -2.36. The van der Waals surface area contributed by atoms with Crippen LogP contribution in [-0.4, -0.2) is 41.8 Å². The van der Waals surface area contributed by atoms with Crippen LogP contribution in [0.1, 0.15) is 30.8 Å². The van der Waals surface area contributed by atoms with Gasteiger partial charge in [0.25, 0.3) is 0 Å². The van der Waals surface area contributed by atoms with E-state index in [1.807, 2.05) is 24.3 Å². The van der Waals surface area contributed by atoms with Gasteiger partial charge in [-0.15, -0.1) is 0 Å². The number of aryl methyl sites for hydroxylation is 1. The van der Waals surface area contributed by atoms with Crippen molar-refractivity contribution in [2.75, 3.05) is 24.7 Å². The number of carbonyl (C=O) groups excluding carboxylic acids is 1. The van der Waals surface area contributed by atoms with Crippen molar-refractivity contribution in [3.8, 4) is 17.2 Å². The van der Waals surface area contributed by atoms with Crippen LogP contribution in [0.2, 0.25) is 0 Å². The monoisotopic (exact) mass is 431 g/mol. The summed E-state index contributed by atoms with van der Waals surface area (Å²) in [7, 11) is 0. The Labute approximate surface area is 178 Å². The highest BCUT2D eigenvalue weighted by molar-refractivity contribution is 7.99. The molecule has 1 fully saturated rings. The zero-order chi connectivity index (χ0) is 21.1. The molecule has 1 unspecified atom stereocenters. The number of thioether (sulfide) groups is 1. The van der Waals surface area contributed by atoms with Crippen molar-refractivity contribution in [1.82, 2.24) is 5.32 Å². The van der Waals surface area contributed by atoms with Gasteiger partial charge in [0.2, 0.25) is 17.1 Å². The number of rotatable bonds is 5. The summed E-state index contributed by atoms with van der Waals surface area (Å²) < 4.78 is 17.4. The van der Waals surface area contributed by atoms with Crippen molar-refractivity contribution >= 4 is 17.7 Å². The summed E-state index contributed by atoms with van der Waals surface area (Å²) in [6.07, 6.45) is 1.16. The third-order valence-corrected chi connectivity index (χ3v) is 6.56. The summed E-state index contributed by atoms with van der Waals surface area (Å²) in [5, 5.41) is 13.3. The van der Waals surface area contributed by atoms with E-state index in [4.69, 9.17) is 13.9 Å². The second-order valence-corrected chi connectivity index (χ2v) is 8.99. The zero-order valence-corrected chi connectivity index (χ0v) is 17.6. The average molecular weight is 432 g/mol. The summed E-state index contributed by atoms with van der Waals surface area (Å²) in [4.78, 5) is 25.0. The van der Waals surface area contributed by atoms with Crippen molar-refractivity contribution < 1.29 is 23.8 Å². The Morgan fingerprint density at radius 2 is 2.00 bits per heavy atom. The van der Waals surface area contributed by atoms with Crippen LogP contribution in [0.3, 0.4) is 0 Å². The molecule has 2 aliphatic heterocycles. The molecule has 160 valence electrons. The smallest absolute Gasteiger partial charge is 0.227 e. The Morgan fingerprint density at radius 3 is 2.77 bits per heavy atom. The standard InChI is InChI=1S/C22H25NO6S/c1-14-10-16(24)20(26)21(28-14)22(6-8-30-9-7-22)11-19(25)23-12-15-13-27-17-4-2-3-5-18(17)29-15/h2-5,10,15,26H,6-9,11-13H2,1H3,(H,23,25). The van der Waals surface area contributed by atoms with E-state index in [2.05, 4.69) is 5.32 Å². The Morgan fingerprint density at radius 1 is 1.27 bits per heavy atom. The number of benzene rings is 1. The van der Waals surface area contributed by atoms with Gasteiger partial charge in [-0.3, -0.25) is 9.59 Å². The predicted molar refractivity (Wildman–Crippen MR) is 114 cm³/mol. The topological polar surface area (TPSA) is 98.0 Å². The summed E-state index contributed by atoms with van der Waals surface area (Å²) in [5.41, 5.74) is -1.17. The van der Waals surface area contributed by atoms with Crippen LogP contribution in [0.4, 0.5) is 0 Å². The van der Waals surface area contributed by atoms with Gasteiger partial charge in [0.1, 0.15) is 18.5 Å². The van der Waals surface area contributed by atoms with E-state index in [1.54, 1.807) is 18.7 Å². The van der Waals surface area contributed by atoms with Crippen LogP contribution in [0.5, 0.6) is 17.2 Å². The van der Waals surface area contributed by atoms with Crippen molar-refractivity contribution in [3.63, 3.8) is 0 Å². The molecule has 2 aromatic rings. The third-order valence-electron chi connectivity index (χ3n) is 5.57. The molecule has 0 bridgehead atoms. The Balaban J connectivity index is 1.45. The fourth-order valence-corrected chi connectivity index (χ4v) is 5.24. The molecule has 0 spiro atoms. The number of ether oxygens (including phenoxy) is 2. The first-order valence-corrected chi connectivity index (χ1v) is 11.2. The number of aromatic hydroxyl groups is 1. The molecule has 3 heterocycles. The number of hydrogen-bond donors (Lipinski definition) is 2. The van der Waals surface area contributed by atoms with Crippen molar-refractivity contribution in [2.24, 2.45) is 0 Å². The van der Waals surface area contributed by atoms with Crippen LogP contribution in [0, 0.1) is 6.92 Å². The third kappa shape index (κ3) is 4.28. The van der Waals surface area contributed by atoms with Gasteiger partial charge in [0.15, 0.2) is 17.3 Å². The molecule has 4 rings (SSSR count). The first-order valence-electron chi connectivity index (χ1n) is 10.0. The molecule has 7 nitrogen and oxygen atoms in total. The summed E-state index contributed by atoms with van der Waals surface area (Å²) in [5.74, 6) is 3.13. The minimum atomic E-state index is -0.693. The van der Waals surface area contributed by atoms with E-state index < -0.39 is 10.8 Å². The number of amides is 1. The molecule has 1 atom stereocenters. The fraction of sp³-hybridized carbons (Fsp3) is 0.455. The largest absolute Gasteiger partial charge is 0.502 e. The van der Waals surface area contributed by atoms with Crippen LogP contribution in [0.15, 0.2) is 39.5 Å². The minimum absolute atomic E-state index is 0.137. The van der Waals surface area contributed by atoms with E-state index in [-0.39, 0.29) is 29.9 Å². The van der Waals surface area contributed by atoms with Crippen LogP contribution in [0.25, 0.3) is 0 Å². The maximum atomic E-state index is 12.8. The normalized spacial score (nSPS) is 19.8. The lowest BCUT2D eigenvalue weighted by molar-refractivity contribution is -0.123. The first kappa shape index (κ1) is 20.7. The molecule has 30 heavy (non-hydrogen) atoms. The van der Waals surface area contributed by atoms with Gasteiger partial charge in [-0.25, -0.2) is 0 Å². The molecule has 1 aromatic heterocycles. The second-order valence-electron chi connectivity index (χ2n) is 7.77. The molecule has 2 N–H and O–H groups in total. The van der Waals surface area contributed by atoms with Gasteiger partial charge in [-0.2, -0.15) is 11.8 Å². The van der Waals surface area contributed by atoms with E-state index in [1.165, 1.54) is 6.07 Å². The predicted octanol–water partition coefficient (Wildman–Crippen LogP) is 2.76. The van der Waals surface area contributed by atoms with E-state index >= 15 is 0 Å². The number of para-hydroxylation sites is 2. The maximum Gasteiger partial charge on any atom is 0.227 e. The summed E-state index contributed by atoms with van der Waals surface area (Å²) >= 11 is 1.79. The fourth-order valence-electron chi connectivity index (χ4n) is 3.97. The van der Waals surface area contributed by atoms with Crippen LogP contribution in [-0.2, 0) is 10.2 Å². The highest BCUT2D eigenvalue weighted by Gasteiger charge is 2.41. The van der Waals surface area contributed by atoms with Gasteiger partial charge in [-0.1, -0.05) is 12.1 Å². The van der Waals surface area contributed by atoms with Crippen LogP contribution >= 0.6 is 11.8 Å². The molecule has 8 heteroatoms. The Kier molecular flexibility index (Phi) is 5.94. The lowest BCUT2D eigenvalue weighted by Crippen LogP contribution is -2.43. The molecule has 0 saturated carbocycles. The molecule has 0 radical (unpaired) electrons. The highest BCUT2D eigenvalue weighted by Crippen LogP contribution is 2.44. The summed E-state index contributed by atoms with van der Waals surface area (Å²) in [6.45, 7) is 2.34. The van der Waals surface area contributed by atoms with Gasteiger partial charge < -0.3 is 24.3 Å². The van der Waals surface area contributed by atoms with Gasteiger partial charge in [0.05, 0.1) is 6.54 Å². The van der Waals surface area contributed by atoms with Crippen molar-refractivity contribution in [1.29, 1.82) is 0 Å². The number of fused-ring (bicyclic) bond motifs is 1. The van der Waals surface area contributed by atoms with E-state index in [0.717, 1.165) is 11.5 Å². The molecule has 1 amide bonds. The quantitative estimate of drug-likeness (QED) is 0.751. The lowest BCUT2D eigenvalue weighted by atomic mass is 9.75. The van der Waals surface area contributed by atoms with Crippen molar-refractivity contribution in [3.05, 3.63) is 52.1 Å². The molecular weight excluding hydrogens is 406 g/mol. The molecule has 2 aliphatic rings. The number of carbonyl (C=O) groups is 1. The molecule has 1 aromatic carbocycles. The second kappa shape index (κ2) is 8.63. The van der Waals surface area contributed by atoms with E-state index in [9.17, 15) is 14.7 Å². The first-order chi connectivity index (χ1) is 14.5. The van der Waals surface area contributed by atoms with Gasteiger partial charge in [0, 0.05) is 17.9 Å². The average Bonchev–Trinajstić information content (AvgIpc) is 2.75. The van der Waals surface area contributed by atoms with Crippen LogP contribution < -0.4 is 20.2 Å². The molecule has 1 saturated heterocycles. The number of hydrogen-bond acceptors (Lipinski definition) is 7.